The van der Waals surface area contributed by atoms with Crippen LogP contribution >= 0.6 is 11.8 Å². The number of hydrogen-bond acceptors (Lipinski definition) is 4. The van der Waals surface area contributed by atoms with Crippen molar-refractivity contribution in [2.45, 2.75) is 37.0 Å². The zero-order valence-electron chi connectivity index (χ0n) is 11.1. The van der Waals surface area contributed by atoms with Gasteiger partial charge in [-0.25, -0.2) is 0 Å². The van der Waals surface area contributed by atoms with Crippen LogP contribution in [0.25, 0.3) is 0 Å². The van der Waals surface area contributed by atoms with Gasteiger partial charge in [0.05, 0.1) is 10.3 Å². The van der Waals surface area contributed by atoms with E-state index in [4.69, 9.17) is 0 Å². The fourth-order valence-electron chi connectivity index (χ4n) is 2.56. The standard InChI is InChI=1S/C14H17NO4S/c16-13(17)14(7-2-1-3-8-14)10-20-12-6-4-5-11(9-12)15(18)19/h4-6,9H,1-3,7-8,10H2,(H,16,17). The van der Waals surface area contributed by atoms with Gasteiger partial charge in [0, 0.05) is 22.8 Å². The number of nitro benzene ring substituents is 1. The predicted molar refractivity (Wildman–Crippen MR) is 77.0 cm³/mol. The number of nitro groups is 1. The molecule has 0 unspecified atom stereocenters. The van der Waals surface area contributed by atoms with Gasteiger partial charge in [0.1, 0.15) is 0 Å². The summed E-state index contributed by atoms with van der Waals surface area (Å²) in [5.74, 6) is -0.265. The summed E-state index contributed by atoms with van der Waals surface area (Å²) in [6.45, 7) is 0. The van der Waals surface area contributed by atoms with Gasteiger partial charge in [-0.3, -0.25) is 14.9 Å². The van der Waals surface area contributed by atoms with Gasteiger partial charge in [0.25, 0.3) is 5.69 Å². The molecule has 1 N–H and O–H groups in total. The van der Waals surface area contributed by atoms with Crippen LogP contribution in [-0.4, -0.2) is 21.8 Å². The minimum Gasteiger partial charge on any atom is -0.481 e. The SMILES string of the molecule is O=C(O)C1(CSc2cccc([N+](=O)[O-])c2)CCCCC1. The number of non-ortho nitro benzene ring substituents is 1. The van der Waals surface area contributed by atoms with Crippen LogP contribution in [0.2, 0.25) is 0 Å². The third-order valence-corrected chi connectivity index (χ3v) is 5.09. The molecule has 0 spiro atoms. The molecule has 0 bridgehead atoms. The van der Waals surface area contributed by atoms with Gasteiger partial charge < -0.3 is 5.11 Å². The number of benzene rings is 1. The molecule has 0 heterocycles. The van der Waals surface area contributed by atoms with Crippen LogP contribution in [-0.2, 0) is 4.79 Å². The highest BCUT2D eigenvalue weighted by atomic mass is 32.2. The van der Waals surface area contributed by atoms with Crippen molar-refractivity contribution in [3.8, 4) is 0 Å². The topological polar surface area (TPSA) is 80.4 Å². The normalized spacial score (nSPS) is 17.6. The molecule has 1 aliphatic rings. The molecule has 0 radical (unpaired) electrons. The van der Waals surface area contributed by atoms with Crippen LogP contribution in [0.15, 0.2) is 29.2 Å². The van der Waals surface area contributed by atoms with E-state index in [2.05, 4.69) is 0 Å². The largest absolute Gasteiger partial charge is 0.481 e. The average molecular weight is 295 g/mol. The molecule has 0 saturated heterocycles. The van der Waals surface area contributed by atoms with Gasteiger partial charge in [0.15, 0.2) is 0 Å². The number of nitrogens with zero attached hydrogens (tertiary/aromatic N) is 1. The lowest BCUT2D eigenvalue weighted by atomic mass is 9.76. The summed E-state index contributed by atoms with van der Waals surface area (Å²) >= 11 is 1.40. The number of hydrogen-bond donors (Lipinski definition) is 1. The fraction of sp³-hybridized carbons (Fsp3) is 0.500. The molecule has 6 heteroatoms. The van der Waals surface area contributed by atoms with Gasteiger partial charge in [0.2, 0.25) is 0 Å². The van der Waals surface area contributed by atoms with Gasteiger partial charge in [-0.15, -0.1) is 11.8 Å². The first kappa shape index (κ1) is 14.8. The van der Waals surface area contributed by atoms with Crippen LogP contribution in [0.3, 0.4) is 0 Å². The Morgan fingerprint density at radius 1 is 1.35 bits per heavy atom. The monoisotopic (exact) mass is 295 g/mol. The number of carboxylic acids is 1. The molecule has 108 valence electrons. The van der Waals surface area contributed by atoms with E-state index in [0.717, 1.165) is 24.2 Å². The highest BCUT2D eigenvalue weighted by Gasteiger charge is 2.39. The molecule has 0 amide bonds. The zero-order chi connectivity index (χ0) is 14.6. The van der Waals surface area contributed by atoms with E-state index in [-0.39, 0.29) is 5.69 Å². The Kier molecular flexibility index (Phi) is 4.65. The van der Waals surface area contributed by atoms with Gasteiger partial charge in [-0.2, -0.15) is 0 Å². The van der Waals surface area contributed by atoms with Crippen molar-refractivity contribution < 1.29 is 14.8 Å². The van der Waals surface area contributed by atoms with Crippen molar-refractivity contribution >= 4 is 23.4 Å². The Morgan fingerprint density at radius 2 is 2.05 bits per heavy atom. The van der Waals surface area contributed by atoms with Crippen molar-refractivity contribution in [1.29, 1.82) is 0 Å². The lowest BCUT2D eigenvalue weighted by Crippen LogP contribution is -2.35. The smallest absolute Gasteiger partial charge is 0.310 e. The molecule has 0 aromatic heterocycles. The van der Waals surface area contributed by atoms with Crippen molar-refractivity contribution in [3.05, 3.63) is 34.4 Å². The van der Waals surface area contributed by atoms with Crippen molar-refractivity contribution in [2.24, 2.45) is 5.41 Å². The summed E-state index contributed by atoms with van der Waals surface area (Å²) < 4.78 is 0. The molecule has 1 aromatic rings. The number of thioether (sulfide) groups is 1. The summed E-state index contributed by atoms with van der Waals surface area (Å²) in [6, 6.07) is 6.37. The molecule has 20 heavy (non-hydrogen) atoms. The van der Waals surface area contributed by atoms with Gasteiger partial charge in [-0.1, -0.05) is 25.3 Å². The van der Waals surface area contributed by atoms with Gasteiger partial charge in [-0.05, 0) is 18.9 Å². The van der Waals surface area contributed by atoms with E-state index < -0.39 is 16.3 Å². The number of carbonyl (C=O) groups is 1. The second-order valence-corrected chi connectivity index (χ2v) is 6.24. The molecule has 0 aliphatic heterocycles. The van der Waals surface area contributed by atoms with Crippen LogP contribution < -0.4 is 0 Å². The minimum atomic E-state index is -0.741. The minimum absolute atomic E-state index is 0.0445. The first-order chi connectivity index (χ1) is 9.53. The Hall–Kier alpha value is -1.56. The summed E-state index contributed by atoms with van der Waals surface area (Å²) in [5, 5.41) is 20.2. The average Bonchev–Trinajstić information content (AvgIpc) is 2.46. The lowest BCUT2D eigenvalue weighted by Gasteiger charge is -2.32. The molecule has 5 nitrogen and oxygen atoms in total. The second kappa shape index (κ2) is 6.26. The van der Waals surface area contributed by atoms with E-state index in [1.807, 2.05) is 0 Å². The first-order valence-electron chi connectivity index (χ1n) is 6.64. The molecular weight excluding hydrogens is 278 g/mol. The van der Waals surface area contributed by atoms with Crippen LogP contribution in [0.5, 0.6) is 0 Å². The van der Waals surface area contributed by atoms with Crippen LogP contribution in [0.4, 0.5) is 5.69 Å². The molecular formula is C14H17NO4S. The van der Waals surface area contributed by atoms with E-state index in [9.17, 15) is 20.0 Å². The summed E-state index contributed by atoms with van der Waals surface area (Å²) in [5.41, 5.74) is -0.629. The Labute approximate surface area is 121 Å². The Bertz CT molecular complexity index is 512. The van der Waals surface area contributed by atoms with E-state index in [1.54, 1.807) is 12.1 Å². The van der Waals surface area contributed by atoms with E-state index >= 15 is 0 Å². The predicted octanol–water partition coefficient (Wildman–Crippen LogP) is 3.72. The molecule has 1 fully saturated rings. The highest BCUT2D eigenvalue weighted by molar-refractivity contribution is 7.99. The van der Waals surface area contributed by atoms with Crippen LogP contribution in [0.1, 0.15) is 32.1 Å². The molecule has 2 rings (SSSR count). The second-order valence-electron chi connectivity index (χ2n) is 5.19. The molecule has 0 atom stereocenters. The zero-order valence-corrected chi connectivity index (χ0v) is 11.9. The summed E-state index contributed by atoms with van der Waals surface area (Å²) in [7, 11) is 0. The van der Waals surface area contributed by atoms with Crippen molar-refractivity contribution in [2.75, 3.05) is 5.75 Å². The van der Waals surface area contributed by atoms with Gasteiger partial charge >= 0.3 is 5.97 Å². The summed E-state index contributed by atoms with van der Waals surface area (Å²) in [6.07, 6.45) is 4.38. The van der Waals surface area contributed by atoms with Crippen molar-refractivity contribution in [3.63, 3.8) is 0 Å². The Balaban J connectivity index is 2.08. The number of carboxylic acid groups (broad SMARTS) is 1. The van der Waals surface area contributed by atoms with Crippen LogP contribution in [0, 0.1) is 15.5 Å². The third-order valence-electron chi connectivity index (χ3n) is 3.81. The van der Waals surface area contributed by atoms with E-state index in [0.29, 0.717) is 18.6 Å². The number of aliphatic carboxylic acids is 1. The quantitative estimate of drug-likeness (QED) is 0.508. The Morgan fingerprint density at radius 3 is 2.65 bits per heavy atom. The summed E-state index contributed by atoms with van der Waals surface area (Å²) in [4.78, 5) is 22.6. The maximum Gasteiger partial charge on any atom is 0.310 e. The highest BCUT2D eigenvalue weighted by Crippen LogP contribution is 2.41. The fourth-order valence-corrected chi connectivity index (χ4v) is 3.79. The maximum absolute atomic E-state index is 11.6. The lowest BCUT2D eigenvalue weighted by molar-refractivity contribution is -0.385. The van der Waals surface area contributed by atoms with Crippen molar-refractivity contribution in [1.82, 2.24) is 0 Å². The number of rotatable bonds is 5. The maximum atomic E-state index is 11.6. The first-order valence-corrected chi connectivity index (χ1v) is 7.63. The molecule has 1 saturated carbocycles. The molecule has 1 aliphatic carbocycles. The van der Waals surface area contributed by atoms with E-state index in [1.165, 1.54) is 23.9 Å². The third kappa shape index (κ3) is 3.30. The molecule has 1 aromatic carbocycles.